The Morgan fingerprint density at radius 2 is 2.04 bits per heavy atom. The van der Waals surface area contributed by atoms with Crippen molar-refractivity contribution in [3.63, 3.8) is 0 Å². The predicted octanol–water partition coefficient (Wildman–Crippen LogP) is 3.92. The third-order valence-electron chi connectivity index (χ3n) is 3.86. The number of rotatable bonds is 4. The van der Waals surface area contributed by atoms with E-state index in [9.17, 15) is 14.7 Å². The van der Waals surface area contributed by atoms with Crippen LogP contribution in [0.4, 0.5) is 5.69 Å². The Bertz CT molecular complexity index is 995. The van der Waals surface area contributed by atoms with Crippen LogP contribution >= 0.6 is 15.9 Å². The first-order valence-electron chi connectivity index (χ1n) is 7.72. The molecule has 25 heavy (non-hydrogen) atoms. The first-order valence-corrected chi connectivity index (χ1v) is 8.51. The first-order chi connectivity index (χ1) is 11.9. The molecule has 1 aromatic carbocycles. The summed E-state index contributed by atoms with van der Waals surface area (Å²) in [6, 6.07) is 8.49. The van der Waals surface area contributed by atoms with Crippen LogP contribution in [0.5, 0.6) is 0 Å². The maximum Gasteiger partial charge on any atom is 0.337 e. The summed E-state index contributed by atoms with van der Waals surface area (Å²) in [6.45, 7) is 3.88. The molecule has 128 valence electrons. The molecule has 0 aliphatic heterocycles. The van der Waals surface area contributed by atoms with E-state index in [1.165, 1.54) is 6.07 Å². The van der Waals surface area contributed by atoms with E-state index in [0.29, 0.717) is 27.9 Å². The molecule has 6 nitrogen and oxygen atoms in total. The standard InChI is InChI=1S/C18H16BrN3O3/c1-3-13-16(22-7-6-10(2)8-15(22)20-13)17(23)21-14-5-4-11(19)9-12(14)18(24)25/h4-9H,3H2,1-2H3,(H,21,23)(H,24,25). The Hall–Kier alpha value is -2.67. The summed E-state index contributed by atoms with van der Waals surface area (Å²) in [7, 11) is 0. The Balaban J connectivity index is 2.05. The molecule has 0 aliphatic carbocycles. The van der Waals surface area contributed by atoms with Gasteiger partial charge in [0.2, 0.25) is 0 Å². The number of carbonyl (C=O) groups excluding carboxylic acids is 1. The molecule has 0 saturated heterocycles. The second kappa shape index (κ2) is 6.68. The second-order valence-corrected chi connectivity index (χ2v) is 6.56. The summed E-state index contributed by atoms with van der Waals surface area (Å²) in [5, 5.41) is 12.0. The molecule has 0 fully saturated rings. The lowest BCUT2D eigenvalue weighted by molar-refractivity contribution is 0.0698. The van der Waals surface area contributed by atoms with Crippen LogP contribution in [0.1, 0.15) is 39.0 Å². The van der Waals surface area contributed by atoms with E-state index in [0.717, 1.165) is 5.56 Å². The van der Waals surface area contributed by atoms with E-state index in [2.05, 4.69) is 26.2 Å². The van der Waals surface area contributed by atoms with Crippen molar-refractivity contribution in [2.24, 2.45) is 0 Å². The summed E-state index contributed by atoms with van der Waals surface area (Å²) in [5.41, 5.74) is 3.08. The molecule has 0 bridgehead atoms. The van der Waals surface area contributed by atoms with E-state index in [1.54, 1.807) is 22.7 Å². The zero-order valence-corrected chi connectivity index (χ0v) is 15.3. The van der Waals surface area contributed by atoms with Gasteiger partial charge in [-0.2, -0.15) is 0 Å². The minimum atomic E-state index is -1.11. The van der Waals surface area contributed by atoms with Gasteiger partial charge in [-0.15, -0.1) is 0 Å². The molecule has 3 rings (SSSR count). The SMILES string of the molecule is CCc1nc2cc(C)ccn2c1C(=O)Nc1ccc(Br)cc1C(=O)O. The number of carbonyl (C=O) groups is 2. The number of carboxylic acids is 1. The number of fused-ring (bicyclic) bond motifs is 1. The zero-order valence-electron chi connectivity index (χ0n) is 13.7. The van der Waals surface area contributed by atoms with Gasteiger partial charge in [-0.1, -0.05) is 22.9 Å². The third-order valence-corrected chi connectivity index (χ3v) is 4.36. The molecule has 0 aliphatic rings. The smallest absolute Gasteiger partial charge is 0.337 e. The van der Waals surface area contributed by atoms with Gasteiger partial charge in [-0.3, -0.25) is 9.20 Å². The third kappa shape index (κ3) is 3.28. The average Bonchev–Trinajstić information content (AvgIpc) is 2.93. The zero-order chi connectivity index (χ0) is 18.1. The number of anilines is 1. The Morgan fingerprint density at radius 3 is 2.72 bits per heavy atom. The van der Waals surface area contributed by atoms with Crippen molar-refractivity contribution >= 4 is 39.1 Å². The highest BCUT2D eigenvalue weighted by molar-refractivity contribution is 9.10. The number of imidazole rings is 1. The van der Waals surface area contributed by atoms with Crippen LogP contribution in [0, 0.1) is 6.92 Å². The van der Waals surface area contributed by atoms with E-state index < -0.39 is 11.9 Å². The number of carboxylic acid groups (broad SMARTS) is 1. The number of halogens is 1. The lowest BCUT2D eigenvalue weighted by Crippen LogP contribution is -2.18. The number of pyridine rings is 1. The fraction of sp³-hybridized carbons (Fsp3) is 0.167. The molecule has 2 N–H and O–H groups in total. The number of hydrogen-bond acceptors (Lipinski definition) is 3. The highest BCUT2D eigenvalue weighted by Crippen LogP contribution is 2.23. The normalized spacial score (nSPS) is 10.8. The summed E-state index contributed by atoms with van der Waals surface area (Å²) in [6.07, 6.45) is 2.39. The quantitative estimate of drug-likeness (QED) is 0.693. The van der Waals surface area contributed by atoms with Gasteiger partial charge < -0.3 is 10.4 Å². The van der Waals surface area contributed by atoms with Gasteiger partial charge >= 0.3 is 5.97 Å². The Labute approximate surface area is 152 Å². The van der Waals surface area contributed by atoms with Crippen LogP contribution in [-0.4, -0.2) is 26.4 Å². The van der Waals surface area contributed by atoms with Gasteiger partial charge in [0.05, 0.1) is 16.9 Å². The minimum Gasteiger partial charge on any atom is -0.478 e. The Morgan fingerprint density at radius 1 is 1.28 bits per heavy atom. The largest absolute Gasteiger partial charge is 0.478 e. The molecule has 2 heterocycles. The molecule has 0 spiro atoms. The first kappa shape index (κ1) is 17.2. The van der Waals surface area contributed by atoms with Gasteiger partial charge in [0.15, 0.2) is 0 Å². The van der Waals surface area contributed by atoms with Gasteiger partial charge in [0, 0.05) is 10.7 Å². The van der Waals surface area contributed by atoms with Crippen molar-refractivity contribution in [1.82, 2.24) is 9.38 Å². The van der Waals surface area contributed by atoms with Crippen molar-refractivity contribution in [2.45, 2.75) is 20.3 Å². The number of nitrogens with zero attached hydrogens (tertiary/aromatic N) is 2. The molecule has 7 heteroatoms. The second-order valence-electron chi connectivity index (χ2n) is 5.64. The van der Waals surface area contributed by atoms with Crippen molar-refractivity contribution in [3.05, 3.63) is 63.5 Å². The fourth-order valence-corrected chi connectivity index (χ4v) is 3.03. The van der Waals surface area contributed by atoms with Crippen LogP contribution in [0.25, 0.3) is 5.65 Å². The van der Waals surface area contributed by atoms with Crippen molar-refractivity contribution in [2.75, 3.05) is 5.32 Å². The molecular formula is C18H16BrN3O3. The molecule has 1 amide bonds. The number of hydrogen-bond donors (Lipinski definition) is 2. The molecule has 2 aromatic heterocycles. The van der Waals surface area contributed by atoms with Crippen molar-refractivity contribution in [1.29, 1.82) is 0 Å². The van der Waals surface area contributed by atoms with E-state index in [1.807, 2.05) is 26.0 Å². The maximum atomic E-state index is 12.8. The van der Waals surface area contributed by atoms with Gasteiger partial charge in [0.25, 0.3) is 5.91 Å². The van der Waals surface area contributed by atoms with E-state index >= 15 is 0 Å². The monoisotopic (exact) mass is 401 g/mol. The van der Waals surface area contributed by atoms with Crippen molar-refractivity contribution < 1.29 is 14.7 Å². The van der Waals surface area contributed by atoms with E-state index in [4.69, 9.17) is 0 Å². The van der Waals surface area contributed by atoms with Gasteiger partial charge in [-0.25, -0.2) is 9.78 Å². The fourth-order valence-electron chi connectivity index (χ4n) is 2.67. The lowest BCUT2D eigenvalue weighted by atomic mass is 10.1. The predicted molar refractivity (Wildman–Crippen MR) is 98.4 cm³/mol. The number of aryl methyl sites for hydroxylation is 2. The van der Waals surface area contributed by atoms with Crippen LogP contribution in [-0.2, 0) is 6.42 Å². The van der Waals surface area contributed by atoms with Crippen LogP contribution in [0.2, 0.25) is 0 Å². The molecule has 0 atom stereocenters. The minimum absolute atomic E-state index is 0.0189. The number of aromatic carboxylic acids is 1. The highest BCUT2D eigenvalue weighted by Gasteiger charge is 2.20. The molecular weight excluding hydrogens is 386 g/mol. The molecule has 3 aromatic rings. The number of amides is 1. The number of benzene rings is 1. The van der Waals surface area contributed by atoms with E-state index in [-0.39, 0.29) is 11.3 Å². The highest BCUT2D eigenvalue weighted by atomic mass is 79.9. The lowest BCUT2D eigenvalue weighted by Gasteiger charge is -2.10. The van der Waals surface area contributed by atoms with Crippen molar-refractivity contribution in [3.8, 4) is 0 Å². The van der Waals surface area contributed by atoms with Crippen LogP contribution in [0.3, 0.4) is 0 Å². The summed E-state index contributed by atoms with van der Waals surface area (Å²) >= 11 is 3.24. The summed E-state index contributed by atoms with van der Waals surface area (Å²) < 4.78 is 2.35. The number of aromatic nitrogens is 2. The Kier molecular flexibility index (Phi) is 4.59. The molecule has 0 saturated carbocycles. The van der Waals surface area contributed by atoms with Gasteiger partial charge in [-0.05, 0) is 49.2 Å². The summed E-state index contributed by atoms with van der Waals surface area (Å²) in [5.74, 6) is -1.50. The van der Waals surface area contributed by atoms with Gasteiger partial charge in [0.1, 0.15) is 11.3 Å². The maximum absolute atomic E-state index is 12.8. The topological polar surface area (TPSA) is 83.7 Å². The average molecular weight is 402 g/mol. The summed E-state index contributed by atoms with van der Waals surface area (Å²) in [4.78, 5) is 28.8. The number of nitrogens with one attached hydrogen (secondary N) is 1. The van der Waals surface area contributed by atoms with Crippen LogP contribution in [0.15, 0.2) is 41.0 Å². The molecule has 0 unspecified atom stereocenters. The van der Waals surface area contributed by atoms with Crippen LogP contribution < -0.4 is 5.32 Å². The molecule has 0 radical (unpaired) electrons.